The zero-order valence-corrected chi connectivity index (χ0v) is 10.3. The Balaban J connectivity index is 0.000000183. The van der Waals surface area contributed by atoms with Crippen LogP contribution in [0.15, 0.2) is 54.6 Å². The van der Waals surface area contributed by atoms with Crippen LogP contribution in [-0.4, -0.2) is 6.61 Å². The molecule has 0 aromatic heterocycles. The smallest absolute Gasteiger partial charge is 0.386 e. The molecule has 1 heterocycles. The second-order valence-electron chi connectivity index (χ2n) is 3.68. The van der Waals surface area contributed by atoms with Crippen LogP contribution in [0.2, 0.25) is 0 Å². The van der Waals surface area contributed by atoms with E-state index in [1.54, 1.807) is 0 Å². The molecule has 1 fully saturated rings. The Morgan fingerprint density at radius 2 is 1.75 bits per heavy atom. The van der Waals surface area contributed by atoms with E-state index < -0.39 is 0 Å². The average Bonchev–Trinajstić information content (AvgIpc) is 3.06. The maximum absolute atomic E-state index is 5.50. The standard InChI is InChI=1S/C9H11O.C5H5.Fe/c1-2-5-8(4-1)9-6-3-7-10-9;1-2-4-5-3-1;/h1-2,4-5,9H,3,6-7H2;1-5H;/q2*-1;+2. The minimum absolute atomic E-state index is 0. The van der Waals surface area contributed by atoms with Gasteiger partial charge in [0.1, 0.15) is 0 Å². The van der Waals surface area contributed by atoms with Crippen LogP contribution in [0.1, 0.15) is 24.5 Å². The molecule has 3 rings (SSSR count). The molecular formula is C14H16FeO. The Kier molecular flexibility index (Phi) is 6.17. The summed E-state index contributed by atoms with van der Waals surface area (Å²) in [5.41, 5.74) is 1.34. The summed E-state index contributed by atoms with van der Waals surface area (Å²) in [4.78, 5) is 0. The molecular weight excluding hydrogens is 240 g/mol. The van der Waals surface area contributed by atoms with Crippen molar-refractivity contribution in [2.45, 2.75) is 18.9 Å². The predicted molar refractivity (Wildman–Crippen MR) is 62.0 cm³/mol. The zero-order chi connectivity index (χ0) is 10.3. The second kappa shape index (κ2) is 7.45. The number of rotatable bonds is 1. The quantitative estimate of drug-likeness (QED) is 0.559. The molecule has 86 valence electrons. The molecule has 1 saturated heterocycles. The molecule has 16 heavy (non-hydrogen) atoms. The summed E-state index contributed by atoms with van der Waals surface area (Å²) in [5.74, 6) is 0. The third-order valence-electron chi connectivity index (χ3n) is 2.55. The van der Waals surface area contributed by atoms with Crippen molar-refractivity contribution in [3.05, 3.63) is 60.2 Å². The molecule has 0 radical (unpaired) electrons. The Hall–Kier alpha value is -0.821. The third-order valence-corrected chi connectivity index (χ3v) is 2.55. The van der Waals surface area contributed by atoms with Gasteiger partial charge >= 0.3 is 17.1 Å². The Bertz CT molecular complexity index is 313. The molecule has 0 spiro atoms. The first-order chi connectivity index (χ1) is 7.47. The molecule has 0 saturated carbocycles. The van der Waals surface area contributed by atoms with Crippen LogP contribution in [0.25, 0.3) is 0 Å². The number of hydrogen-bond acceptors (Lipinski definition) is 1. The van der Waals surface area contributed by atoms with Gasteiger partial charge in [0.25, 0.3) is 0 Å². The minimum atomic E-state index is 0. The summed E-state index contributed by atoms with van der Waals surface area (Å²) in [5, 5.41) is 0. The Morgan fingerprint density at radius 1 is 1.06 bits per heavy atom. The molecule has 1 aliphatic heterocycles. The zero-order valence-electron chi connectivity index (χ0n) is 9.16. The van der Waals surface area contributed by atoms with Crippen LogP contribution in [0.4, 0.5) is 0 Å². The summed E-state index contributed by atoms with van der Waals surface area (Å²) >= 11 is 0. The van der Waals surface area contributed by atoms with Crippen molar-refractivity contribution in [3.63, 3.8) is 0 Å². The van der Waals surface area contributed by atoms with Gasteiger partial charge in [-0.25, -0.2) is 24.3 Å². The first-order valence-corrected chi connectivity index (χ1v) is 5.47. The topological polar surface area (TPSA) is 9.23 Å². The van der Waals surface area contributed by atoms with Crippen LogP contribution in [0, 0.1) is 0 Å². The van der Waals surface area contributed by atoms with Gasteiger partial charge in [-0.05, 0) is 12.8 Å². The van der Waals surface area contributed by atoms with Gasteiger partial charge in [-0.15, -0.1) is 5.56 Å². The average molecular weight is 256 g/mol. The van der Waals surface area contributed by atoms with Gasteiger partial charge in [0.2, 0.25) is 0 Å². The van der Waals surface area contributed by atoms with E-state index in [1.807, 2.05) is 30.3 Å². The predicted octanol–water partition coefficient (Wildman–Crippen LogP) is 3.66. The number of ether oxygens (including phenoxy) is 1. The van der Waals surface area contributed by atoms with E-state index >= 15 is 0 Å². The maximum atomic E-state index is 5.50. The molecule has 2 heteroatoms. The molecule has 1 atom stereocenters. The largest absolute Gasteiger partial charge is 2.00 e. The van der Waals surface area contributed by atoms with Crippen molar-refractivity contribution in [3.8, 4) is 0 Å². The van der Waals surface area contributed by atoms with Crippen LogP contribution in [0.5, 0.6) is 0 Å². The van der Waals surface area contributed by atoms with E-state index in [4.69, 9.17) is 4.74 Å². The van der Waals surface area contributed by atoms with E-state index in [0.29, 0.717) is 6.10 Å². The minimum Gasteiger partial charge on any atom is -0.386 e. The van der Waals surface area contributed by atoms with Crippen molar-refractivity contribution >= 4 is 0 Å². The van der Waals surface area contributed by atoms with Gasteiger partial charge in [0.05, 0.1) is 0 Å². The van der Waals surface area contributed by atoms with Crippen molar-refractivity contribution in [2.24, 2.45) is 0 Å². The summed E-state index contributed by atoms with van der Waals surface area (Å²) < 4.78 is 5.50. The molecule has 0 amide bonds. The fourth-order valence-corrected chi connectivity index (χ4v) is 1.76. The first-order valence-electron chi connectivity index (χ1n) is 5.47. The van der Waals surface area contributed by atoms with Crippen molar-refractivity contribution in [1.29, 1.82) is 0 Å². The Labute approximate surface area is 108 Å². The molecule has 2 aromatic carbocycles. The van der Waals surface area contributed by atoms with Crippen LogP contribution < -0.4 is 0 Å². The summed E-state index contributed by atoms with van der Waals surface area (Å²) in [7, 11) is 0. The van der Waals surface area contributed by atoms with Crippen LogP contribution in [-0.2, 0) is 21.8 Å². The SMILES string of the molecule is [Fe+2].c1cc[c-](C2CCCO2)c1.c1cc[cH-]c1. The normalized spacial score (nSPS) is 18.4. The molecule has 1 unspecified atom stereocenters. The molecule has 0 N–H and O–H groups in total. The van der Waals surface area contributed by atoms with E-state index in [9.17, 15) is 0 Å². The second-order valence-corrected chi connectivity index (χ2v) is 3.68. The van der Waals surface area contributed by atoms with E-state index in [2.05, 4.69) is 24.3 Å². The number of hydrogen-bond donors (Lipinski definition) is 0. The summed E-state index contributed by atoms with van der Waals surface area (Å²) in [6, 6.07) is 18.4. The van der Waals surface area contributed by atoms with E-state index in [0.717, 1.165) is 6.61 Å². The summed E-state index contributed by atoms with van der Waals surface area (Å²) in [6.07, 6.45) is 2.81. The van der Waals surface area contributed by atoms with Crippen molar-refractivity contribution in [2.75, 3.05) is 6.61 Å². The maximum Gasteiger partial charge on any atom is 2.00 e. The Morgan fingerprint density at radius 3 is 2.19 bits per heavy atom. The molecule has 1 aliphatic rings. The van der Waals surface area contributed by atoms with Gasteiger partial charge in [-0.1, -0.05) is 0 Å². The van der Waals surface area contributed by atoms with Gasteiger partial charge in [-0.2, -0.15) is 30.3 Å². The van der Waals surface area contributed by atoms with Crippen LogP contribution >= 0.6 is 0 Å². The monoisotopic (exact) mass is 256 g/mol. The first kappa shape index (κ1) is 13.2. The van der Waals surface area contributed by atoms with E-state index in [1.165, 1.54) is 18.4 Å². The molecule has 0 aliphatic carbocycles. The van der Waals surface area contributed by atoms with Crippen molar-refractivity contribution < 1.29 is 21.8 Å². The summed E-state index contributed by atoms with van der Waals surface area (Å²) in [6.45, 7) is 0.940. The van der Waals surface area contributed by atoms with Gasteiger partial charge < -0.3 is 4.74 Å². The fraction of sp³-hybridized carbons (Fsp3) is 0.286. The van der Waals surface area contributed by atoms with Gasteiger partial charge in [0.15, 0.2) is 0 Å². The van der Waals surface area contributed by atoms with E-state index in [-0.39, 0.29) is 17.1 Å². The molecule has 0 bridgehead atoms. The van der Waals surface area contributed by atoms with Crippen molar-refractivity contribution in [1.82, 2.24) is 0 Å². The van der Waals surface area contributed by atoms with Gasteiger partial charge in [0, 0.05) is 12.7 Å². The molecule has 2 aromatic rings. The third kappa shape index (κ3) is 3.97. The van der Waals surface area contributed by atoms with Crippen LogP contribution in [0.3, 0.4) is 0 Å². The molecule has 1 nitrogen and oxygen atoms in total. The fourth-order valence-electron chi connectivity index (χ4n) is 1.76. The van der Waals surface area contributed by atoms with Gasteiger partial charge in [-0.3, -0.25) is 0 Å².